The fourth-order valence-corrected chi connectivity index (χ4v) is 4.43. The maximum atomic E-state index is 12.5. The number of piperidine rings is 1. The second kappa shape index (κ2) is 9.40. The van der Waals surface area contributed by atoms with Crippen molar-refractivity contribution in [3.05, 3.63) is 24.3 Å². The highest BCUT2D eigenvalue weighted by molar-refractivity contribution is 5.92. The van der Waals surface area contributed by atoms with Gasteiger partial charge in [0.25, 0.3) is 0 Å². The topological polar surface area (TPSA) is 35.6 Å². The van der Waals surface area contributed by atoms with E-state index < -0.39 is 0 Å². The number of nitrogens with one attached hydrogen (secondary N) is 1. The van der Waals surface area contributed by atoms with E-state index in [2.05, 4.69) is 41.1 Å². The number of nitrogens with zero attached hydrogens (tertiary/aromatic N) is 2. The molecule has 0 spiro atoms. The molecule has 3 rings (SSSR count). The van der Waals surface area contributed by atoms with E-state index in [0.717, 1.165) is 31.7 Å². The molecule has 26 heavy (non-hydrogen) atoms. The van der Waals surface area contributed by atoms with Crippen LogP contribution in [0.25, 0.3) is 0 Å². The molecule has 1 amide bonds. The van der Waals surface area contributed by atoms with Gasteiger partial charge in [0, 0.05) is 37.1 Å². The van der Waals surface area contributed by atoms with Crippen molar-refractivity contribution in [2.24, 2.45) is 5.92 Å². The Morgan fingerprint density at radius 2 is 1.77 bits per heavy atom. The normalized spacial score (nSPS) is 24.9. The van der Waals surface area contributed by atoms with Gasteiger partial charge in [0.1, 0.15) is 0 Å². The van der Waals surface area contributed by atoms with Crippen LogP contribution in [-0.2, 0) is 4.79 Å². The summed E-state index contributed by atoms with van der Waals surface area (Å²) in [5.74, 6) is 0.804. The summed E-state index contributed by atoms with van der Waals surface area (Å²) in [6.45, 7) is 8.37. The van der Waals surface area contributed by atoms with E-state index in [1.807, 2.05) is 12.1 Å². The zero-order valence-electron chi connectivity index (χ0n) is 16.5. The highest BCUT2D eigenvalue weighted by Crippen LogP contribution is 2.24. The lowest BCUT2D eigenvalue weighted by molar-refractivity contribution is -0.118. The van der Waals surface area contributed by atoms with Crippen LogP contribution in [0.5, 0.6) is 0 Å². The van der Waals surface area contributed by atoms with E-state index in [1.54, 1.807) is 0 Å². The summed E-state index contributed by atoms with van der Waals surface area (Å²) in [6.07, 6.45) is 8.89. The van der Waals surface area contributed by atoms with E-state index in [9.17, 15) is 4.79 Å². The molecule has 2 aliphatic rings. The lowest BCUT2D eigenvalue weighted by atomic mass is 9.93. The van der Waals surface area contributed by atoms with Crippen molar-refractivity contribution >= 4 is 17.3 Å². The summed E-state index contributed by atoms with van der Waals surface area (Å²) in [5, 5.41) is 3.09. The predicted molar refractivity (Wildman–Crippen MR) is 110 cm³/mol. The lowest BCUT2D eigenvalue weighted by Crippen LogP contribution is -2.46. The molecule has 2 saturated heterocycles. The van der Waals surface area contributed by atoms with Crippen molar-refractivity contribution in [1.82, 2.24) is 4.90 Å². The third-order valence-corrected chi connectivity index (χ3v) is 6.00. The summed E-state index contributed by atoms with van der Waals surface area (Å²) < 4.78 is 0. The molecule has 0 aliphatic carbocycles. The number of anilines is 2. The number of likely N-dealkylation sites (tertiary alicyclic amines) is 1. The van der Waals surface area contributed by atoms with E-state index >= 15 is 0 Å². The van der Waals surface area contributed by atoms with Crippen molar-refractivity contribution in [1.29, 1.82) is 0 Å². The van der Waals surface area contributed by atoms with Crippen molar-refractivity contribution in [2.75, 3.05) is 36.4 Å². The molecule has 2 fully saturated rings. The van der Waals surface area contributed by atoms with Gasteiger partial charge >= 0.3 is 0 Å². The predicted octanol–water partition coefficient (Wildman–Crippen LogP) is 4.52. The van der Waals surface area contributed by atoms with Crippen molar-refractivity contribution in [2.45, 2.75) is 64.8 Å². The summed E-state index contributed by atoms with van der Waals surface area (Å²) in [4.78, 5) is 17.4. The van der Waals surface area contributed by atoms with Crippen LogP contribution >= 0.6 is 0 Å². The van der Waals surface area contributed by atoms with Crippen molar-refractivity contribution in [3.63, 3.8) is 0 Å². The van der Waals surface area contributed by atoms with Gasteiger partial charge in [0.15, 0.2) is 0 Å². The van der Waals surface area contributed by atoms with Gasteiger partial charge in [-0.05, 0) is 62.3 Å². The molecule has 0 saturated carbocycles. The molecule has 2 aliphatic heterocycles. The molecular weight excluding hydrogens is 322 g/mol. The molecule has 1 aromatic carbocycles. The molecule has 4 heteroatoms. The zero-order valence-corrected chi connectivity index (χ0v) is 16.5. The third-order valence-electron chi connectivity index (χ3n) is 6.00. The second-order valence-electron chi connectivity index (χ2n) is 8.17. The van der Waals surface area contributed by atoms with Crippen LogP contribution in [0.3, 0.4) is 0 Å². The van der Waals surface area contributed by atoms with Gasteiger partial charge in [-0.25, -0.2) is 0 Å². The summed E-state index contributed by atoms with van der Waals surface area (Å²) in [6, 6.07) is 8.96. The Balaban J connectivity index is 1.53. The van der Waals surface area contributed by atoms with Crippen LogP contribution in [0, 0.1) is 5.92 Å². The number of carbonyl (C=O) groups excluding carboxylic acids is 1. The van der Waals surface area contributed by atoms with Crippen molar-refractivity contribution in [3.8, 4) is 0 Å². The van der Waals surface area contributed by atoms with Crippen LogP contribution < -0.4 is 10.2 Å². The first-order valence-electron chi connectivity index (χ1n) is 10.5. The fraction of sp³-hybridized carbons (Fsp3) is 0.682. The van der Waals surface area contributed by atoms with E-state index in [0.29, 0.717) is 18.5 Å². The van der Waals surface area contributed by atoms with Gasteiger partial charge in [0.2, 0.25) is 5.91 Å². The molecule has 2 heterocycles. The molecule has 2 atom stereocenters. The summed E-state index contributed by atoms with van der Waals surface area (Å²) in [7, 11) is 0. The van der Waals surface area contributed by atoms with E-state index in [1.165, 1.54) is 44.2 Å². The quantitative estimate of drug-likeness (QED) is 0.842. The van der Waals surface area contributed by atoms with Gasteiger partial charge in [0.05, 0.1) is 6.54 Å². The number of amides is 1. The van der Waals surface area contributed by atoms with Crippen molar-refractivity contribution < 1.29 is 4.79 Å². The van der Waals surface area contributed by atoms with Gasteiger partial charge in [-0.2, -0.15) is 0 Å². The number of benzene rings is 1. The molecule has 0 aromatic heterocycles. The minimum absolute atomic E-state index is 0.111. The average molecular weight is 358 g/mol. The van der Waals surface area contributed by atoms with Crippen LogP contribution in [0.15, 0.2) is 24.3 Å². The monoisotopic (exact) mass is 357 g/mol. The first-order chi connectivity index (χ1) is 12.7. The largest absolute Gasteiger partial charge is 0.372 e. The van der Waals surface area contributed by atoms with Crippen LogP contribution in [0.2, 0.25) is 0 Å². The van der Waals surface area contributed by atoms with Gasteiger partial charge < -0.3 is 10.2 Å². The van der Waals surface area contributed by atoms with E-state index in [-0.39, 0.29) is 5.91 Å². The minimum atomic E-state index is 0.111. The van der Waals surface area contributed by atoms with Gasteiger partial charge in [-0.3, -0.25) is 9.69 Å². The first kappa shape index (κ1) is 19.2. The average Bonchev–Trinajstić information content (AvgIpc) is 2.92. The molecule has 0 bridgehead atoms. The van der Waals surface area contributed by atoms with E-state index in [4.69, 9.17) is 0 Å². The molecule has 2 unspecified atom stereocenters. The summed E-state index contributed by atoms with van der Waals surface area (Å²) >= 11 is 0. The second-order valence-corrected chi connectivity index (χ2v) is 8.17. The Kier molecular flexibility index (Phi) is 6.95. The Labute approximate surface area is 158 Å². The lowest BCUT2D eigenvalue weighted by Gasteiger charge is -2.37. The number of rotatable bonds is 5. The standard InChI is InChI=1S/C22H35N3O/c1-3-20-11-8-18(2)16-25(20)17-22(26)23-19-9-12-21(13-10-19)24-14-6-4-5-7-15-24/h9-10,12-13,18,20H,3-8,11,14-17H2,1-2H3,(H,23,26). The third kappa shape index (κ3) is 5.23. The number of hydrogen-bond donors (Lipinski definition) is 1. The Morgan fingerprint density at radius 3 is 2.42 bits per heavy atom. The van der Waals surface area contributed by atoms with Crippen LogP contribution in [0.1, 0.15) is 58.8 Å². The zero-order chi connectivity index (χ0) is 18.4. The number of hydrogen-bond acceptors (Lipinski definition) is 3. The van der Waals surface area contributed by atoms with Crippen LogP contribution in [-0.4, -0.2) is 43.0 Å². The molecule has 1 N–H and O–H groups in total. The minimum Gasteiger partial charge on any atom is -0.372 e. The molecular formula is C22H35N3O. The highest BCUT2D eigenvalue weighted by Gasteiger charge is 2.26. The Morgan fingerprint density at radius 1 is 1.08 bits per heavy atom. The fourth-order valence-electron chi connectivity index (χ4n) is 4.43. The molecule has 1 aromatic rings. The first-order valence-corrected chi connectivity index (χ1v) is 10.5. The maximum Gasteiger partial charge on any atom is 0.238 e. The van der Waals surface area contributed by atoms with Gasteiger partial charge in [-0.15, -0.1) is 0 Å². The smallest absolute Gasteiger partial charge is 0.238 e. The molecule has 0 radical (unpaired) electrons. The highest BCUT2D eigenvalue weighted by atomic mass is 16.2. The maximum absolute atomic E-state index is 12.5. The Hall–Kier alpha value is -1.55. The SMILES string of the molecule is CCC1CCC(C)CN1CC(=O)Nc1ccc(N2CCCCCC2)cc1. The number of carbonyl (C=O) groups is 1. The molecule has 144 valence electrons. The molecule has 4 nitrogen and oxygen atoms in total. The summed E-state index contributed by atoms with van der Waals surface area (Å²) in [5.41, 5.74) is 2.19. The van der Waals surface area contributed by atoms with Gasteiger partial charge in [-0.1, -0.05) is 26.7 Å². The Bertz CT molecular complexity index is 563. The van der Waals surface area contributed by atoms with Crippen LogP contribution in [0.4, 0.5) is 11.4 Å².